The van der Waals surface area contributed by atoms with Crippen molar-refractivity contribution in [2.45, 2.75) is 32.6 Å². The molecular formula is C12H23ClN2O. The number of hydrogen-bond acceptors (Lipinski definition) is 2. The summed E-state index contributed by atoms with van der Waals surface area (Å²) >= 11 is 0. The largest absolute Gasteiger partial charge is 0.343 e. The van der Waals surface area contributed by atoms with E-state index < -0.39 is 0 Å². The van der Waals surface area contributed by atoms with Crippen molar-refractivity contribution in [1.82, 2.24) is 10.2 Å². The zero-order valence-corrected chi connectivity index (χ0v) is 10.9. The fraction of sp³-hybridized carbons (Fsp3) is 0.917. The standard InChI is InChI=1S/C12H22N2O.ClH/c1-10(15)14-8-4-12(5-9-14)11-2-6-13-7-3-11;/h11-13H,2-9H2,1H3;1H. The number of nitrogens with zero attached hydrogens (tertiary/aromatic N) is 1. The summed E-state index contributed by atoms with van der Waals surface area (Å²) in [4.78, 5) is 13.2. The van der Waals surface area contributed by atoms with Gasteiger partial charge in [0.25, 0.3) is 0 Å². The predicted octanol–water partition coefficient (Wildman–Crippen LogP) is 1.67. The van der Waals surface area contributed by atoms with Crippen LogP contribution >= 0.6 is 12.4 Å². The maximum Gasteiger partial charge on any atom is 0.219 e. The Morgan fingerprint density at radius 3 is 2.06 bits per heavy atom. The van der Waals surface area contributed by atoms with Gasteiger partial charge in [0.05, 0.1) is 0 Å². The van der Waals surface area contributed by atoms with Gasteiger partial charge in [0.1, 0.15) is 0 Å². The highest BCUT2D eigenvalue weighted by molar-refractivity contribution is 5.85. The molecule has 0 radical (unpaired) electrons. The van der Waals surface area contributed by atoms with Crippen LogP contribution in [0.2, 0.25) is 0 Å². The van der Waals surface area contributed by atoms with Gasteiger partial charge in [0, 0.05) is 20.0 Å². The van der Waals surface area contributed by atoms with Gasteiger partial charge in [-0.25, -0.2) is 0 Å². The van der Waals surface area contributed by atoms with Gasteiger partial charge in [-0.1, -0.05) is 0 Å². The molecule has 2 aliphatic rings. The molecule has 4 heteroatoms. The minimum atomic E-state index is 0. The van der Waals surface area contributed by atoms with E-state index >= 15 is 0 Å². The minimum absolute atomic E-state index is 0. The Labute approximate surface area is 104 Å². The van der Waals surface area contributed by atoms with E-state index in [2.05, 4.69) is 5.32 Å². The first kappa shape index (κ1) is 13.8. The van der Waals surface area contributed by atoms with Crippen LogP contribution in [0, 0.1) is 11.8 Å². The van der Waals surface area contributed by atoms with E-state index in [0.29, 0.717) is 0 Å². The van der Waals surface area contributed by atoms with Crippen molar-refractivity contribution in [3.63, 3.8) is 0 Å². The van der Waals surface area contributed by atoms with Crippen molar-refractivity contribution in [2.75, 3.05) is 26.2 Å². The van der Waals surface area contributed by atoms with Crippen molar-refractivity contribution < 1.29 is 4.79 Å². The third kappa shape index (κ3) is 3.36. The van der Waals surface area contributed by atoms with Crippen LogP contribution in [-0.4, -0.2) is 37.0 Å². The summed E-state index contributed by atoms with van der Waals surface area (Å²) in [5, 5.41) is 3.42. The van der Waals surface area contributed by atoms with Gasteiger partial charge in [0.15, 0.2) is 0 Å². The first-order valence-corrected chi connectivity index (χ1v) is 6.23. The minimum Gasteiger partial charge on any atom is -0.343 e. The third-order valence-corrected chi connectivity index (χ3v) is 4.04. The second-order valence-corrected chi connectivity index (χ2v) is 4.93. The van der Waals surface area contributed by atoms with Gasteiger partial charge in [-0.05, 0) is 50.6 Å². The van der Waals surface area contributed by atoms with Crippen LogP contribution in [0.5, 0.6) is 0 Å². The zero-order chi connectivity index (χ0) is 10.7. The molecule has 0 atom stereocenters. The number of carbonyl (C=O) groups is 1. The van der Waals surface area contributed by atoms with Crippen LogP contribution < -0.4 is 5.32 Å². The molecule has 0 aliphatic carbocycles. The normalized spacial score (nSPS) is 23.9. The second-order valence-electron chi connectivity index (χ2n) is 4.93. The summed E-state index contributed by atoms with van der Waals surface area (Å²) in [6, 6.07) is 0. The first-order chi connectivity index (χ1) is 7.27. The number of rotatable bonds is 1. The van der Waals surface area contributed by atoms with Crippen LogP contribution in [0.1, 0.15) is 32.6 Å². The molecular weight excluding hydrogens is 224 g/mol. The predicted molar refractivity (Wildman–Crippen MR) is 67.8 cm³/mol. The molecule has 0 bridgehead atoms. The van der Waals surface area contributed by atoms with Gasteiger partial charge in [-0.2, -0.15) is 0 Å². The maximum absolute atomic E-state index is 11.2. The van der Waals surface area contributed by atoms with Crippen LogP contribution in [0.25, 0.3) is 0 Å². The van der Waals surface area contributed by atoms with Gasteiger partial charge in [-0.15, -0.1) is 12.4 Å². The molecule has 1 N–H and O–H groups in total. The van der Waals surface area contributed by atoms with E-state index in [9.17, 15) is 4.79 Å². The molecule has 0 spiro atoms. The fourth-order valence-electron chi connectivity index (χ4n) is 3.00. The topological polar surface area (TPSA) is 32.3 Å². The van der Waals surface area contributed by atoms with E-state index in [1.54, 1.807) is 6.92 Å². The molecule has 94 valence electrons. The Hall–Kier alpha value is -0.280. The van der Waals surface area contributed by atoms with E-state index in [0.717, 1.165) is 24.9 Å². The summed E-state index contributed by atoms with van der Waals surface area (Å²) in [7, 11) is 0. The van der Waals surface area contributed by atoms with Crippen LogP contribution in [0.15, 0.2) is 0 Å². The van der Waals surface area contributed by atoms with Gasteiger partial charge in [0.2, 0.25) is 5.91 Å². The Kier molecular flexibility index (Phi) is 5.56. The molecule has 2 fully saturated rings. The summed E-state index contributed by atoms with van der Waals surface area (Å²) < 4.78 is 0. The SMILES string of the molecule is CC(=O)N1CCC(C2CCNCC2)CC1.Cl. The van der Waals surface area contributed by atoms with Crippen LogP contribution in [-0.2, 0) is 4.79 Å². The average Bonchev–Trinajstić information content (AvgIpc) is 2.30. The lowest BCUT2D eigenvalue weighted by atomic mass is 9.79. The summed E-state index contributed by atoms with van der Waals surface area (Å²) in [5.41, 5.74) is 0. The Balaban J connectivity index is 0.00000128. The van der Waals surface area contributed by atoms with Gasteiger partial charge >= 0.3 is 0 Å². The molecule has 3 nitrogen and oxygen atoms in total. The average molecular weight is 247 g/mol. The van der Waals surface area contributed by atoms with Crippen molar-refractivity contribution in [1.29, 1.82) is 0 Å². The quantitative estimate of drug-likeness (QED) is 0.764. The molecule has 0 unspecified atom stereocenters. The highest BCUT2D eigenvalue weighted by Crippen LogP contribution is 2.30. The van der Waals surface area contributed by atoms with E-state index in [-0.39, 0.29) is 18.3 Å². The number of piperidine rings is 2. The molecule has 2 aliphatic heterocycles. The van der Waals surface area contributed by atoms with E-state index in [1.807, 2.05) is 4.90 Å². The highest BCUT2D eigenvalue weighted by atomic mass is 35.5. The number of likely N-dealkylation sites (tertiary alicyclic amines) is 1. The van der Waals surface area contributed by atoms with Crippen molar-refractivity contribution in [3.8, 4) is 0 Å². The number of amides is 1. The van der Waals surface area contributed by atoms with Gasteiger partial charge in [-0.3, -0.25) is 4.79 Å². The first-order valence-electron chi connectivity index (χ1n) is 6.23. The molecule has 0 saturated carbocycles. The van der Waals surface area contributed by atoms with Crippen molar-refractivity contribution >= 4 is 18.3 Å². The Morgan fingerprint density at radius 1 is 1.06 bits per heavy atom. The second kappa shape index (κ2) is 6.45. The monoisotopic (exact) mass is 246 g/mol. The molecule has 1 amide bonds. The fourth-order valence-corrected chi connectivity index (χ4v) is 3.00. The highest BCUT2D eigenvalue weighted by Gasteiger charge is 2.27. The van der Waals surface area contributed by atoms with Crippen molar-refractivity contribution in [3.05, 3.63) is 0 Å². The lowest BCUT2D eigenvalue weighted by Crippen LogP contribution is -2.41. The Bertz CT molecular complexity index is 221. The van der Waals surface area contributed by atoms with Gasteiger partial charge < -0.3 is 10.2 Å². The third-order valence-electron chi connectivity index (χ3n) is 4.04. The summed E-state index contributed by atoms with van der Waals surface area (Å²) in [6.45, 7) is 6.05. The molecule has 0 aromatic carbocycles. The Morgan fingerprint density at radius 2 is 1.56 bits per heavy atom. The van der Waals surface area contributed by atoms with E-state index in [4.69, 9.17) is 0 Å². The molecule has 0 aromatic heterocycles. The lowest BCUT2D eigenvalue weighted by molar-refractivity contribution is -0.130. The number of carbonyl (C=O) groups excluding carboxylic acids is 1. The van der Waals surface area contributed by atoms with E-state index in [1.165, 1.54) is 38.8 Å². The van der Waals surface area contributed by atoms with Crippen LogP contribution in [0.4, 0.5) is 0 Å². The molecule has 2 rings (SSSR count). The number of nitrogens with one attached hydrogen (secondary N) is 1. The number of halogens is 1. The molecule has 2 saturated heterocycles. The number of hydrogen-bond donors (Lipinski definition) is 1. The zero-order valence-electron chi connectivity index (χ0n) is 10.1. The smallest absolute Gasteiger partial charge is 0.219 e. The summed E-state index contributed by atoms with van der Waals surface area (Å²) in [6.07, 6.45) is 5.13. The van der Waals surface area contributed by atoms with Crippen molar-refractivity contribution in [2.24, 2.45) is 11.8 Å². The van der Waals surface area contributed by atoms with Crippen LogP contribution in [0.3, 0.4) is 0 Å². The lowest BCUT2D eigenvalue weighted by Gasteiger charge is -2.37. The maximum atomic E-state index is 11.2. The molecule has 0 aromatic rings. The molecule has 2 heterocycles. The summed E-state index contributed by atoms with van der Waals surface area (Å²) in [5.74, 6) is 2.04. The molecule has 16 heavy (non-hydrogen) atoms.